The third kappa shape index (κ3) is 10.6. The van der Waals surface area contributed by atoms with Gasteiger partial charge in [-0.3, -0.25) is 9.59 Å². The Labute approximate surface area is 282 Å². The molecule has 0 aromatic heterocycles. The van der Waals surface area contributed by atoms with E-state index in [-0.39, 0.29) is 17.7 Å². The molecule has 9 nitrogen and oxygen atoms in total. The summed E-state index contributed by atoms with van der Waals surface area (Å²) in [6, 6.07) is 15.3. The number of nitrogens with one attached hydrogen (secondary N) is 3. The maximum absolute atomic E-state index is 13.2. The van der Waals surface area contributed by atoms with Crippen molar-refractivity contribution in [3.05, 3.63) is 118 Å². The highest BCUT2D eigenvalue weighted by atomic mass is 35.5. The normalized spacial score (nSPS) is 16.7. The van der Waals surface area contributed by atoms with Crippen LogP contribution in [0.25, 0.3) is 0 Å². The Kier molecular flexibility index (Phi) is 12.7. The van der Waals surface area contributed by atoms with Gasteiger partial charge in [0.2, 0.25) is 0 Å². The predicted molar refractivity (Wildman–Crippen MR) is 185 cm³/mol. The standard InChI is InChI=1S/C37H44ClN5O4/c38-31-12-13-33(34(25-31)36(45)39-16-5-2-6-17-40-37(46)41-26-28-8-3-1-4-9-28)29-14-18-42(19-15-29)20-21-43-22-23-47-35(27-43)30-10-7-11-32(44)24-30/h1,3-4,7-13,22-23,25,27,29H,2,5-6,14-21,24,26H2,(H,39,45)(H2,40,41,46). The van der Waals surface area contributed by atoms with Gasteiger partial charge in [0.15, 0.2) is 5.78 Å². The molecular formula is C37H44ClN5O4. The van der Waals surface area contributed by atoms with Gasteiger partial charge in [-0.1, -0.05) is 60.2 Å². The van der Waals surface area contributed by atoms with Gasteiger partial charge in [0.25, 0.3) is 5.91 Å². The lowest BCUT2D eigenvalue weighted by atomic mass is 9.86. The molecule has 1 aliphatic carbocycles. The van der Waals surface area contributed by atoms with Crippen molar-refractivity contribution in [3.8, 4) is 0 Å². The van der Waals surface area contributed by atoms with Gasteiger partial charge in [-0.15, -0.1) is 0 Å². The fraction of sp³-hybridized carbons (Fsp3) is 0.378. The molecule has 5 rings (SSSR count). The first-order chi connectivity index (χ1) is 22.9. The number of likely N-dealkylation sites (tertiary alicyclic amines) is 1. The van der Waals surface area contributed by atoms with Gasteiger partial charge < -0.3 is 30.5 Å². The highest BCUT2D eigenvalue weighted by Crippen LogP contribution is 2.32. The number of amides is 3. The van der Waals surface area contributed by atoms with Crippen molar-refractivity contribution in [2.24, 2.45) is 0 Å². The van der Waals surface area contributed by atoms with Crippen LogP contribution < -0.4 is 16.0 Å². The summed E-state index contributed by atoms with van der Waals surface area (Å²) in [6.45, 7) is 5.27. The van der Waals surface area contributed by atoms with Crippen LogP contribution in [-0.2, 0) is 16.1 Å². The maximum Gasteiger partial charge on any atom is 0.315 e. The van der Waals surface area contributed by atoms with E-state index in [0.717, 1.165) is 75.0 Å². The van der Waals surface area contributed by atoms with Crippen molar-refractivity contribution in [2.45, 2.75) is 51.0 Å². The minimum Gasteiger partial charge on any atom is -0.462 e. The van der Waals surface area contributed by atoms with Crippen LogP contribution in [0.1, 0.15) is 65.9 Å². The highest BCUT2D eigenvalue weighted by Gasteiger charge is 2.25. The number of piperidine rings is 1. The van der Waals surface area contributed by atoms with Crippen molar-refractivity contribution in [2.75, 3.05) is 39.3 Å². The first-order valence-corrected chi connectivity index (χ1v) is 16.9. The van der Waals surface area contributed by atoms with E-state index in [1.165, 1.54) is 0 Å². The van der Waals surface area contributed by atoms with E-state index >= 15 is 0 Å². The van der Waals surface area contributed by atoms with Crippen molar-refractivity contribution < 1.29 is 19.1 Å². The summed E-state index contributed by atoms with van der Waals surface area (Å²) in [4.78, 5) is 41.6. The first-order valence-electron chi connectivity index (χ1n) is 16.5. The Morgan fingerprint density at radius 2 is 1.72 bits per heavy atom. The van der Waals surface area contributed by atoms with Crippen LogP contribution in [0, 0.1) is 0 Å². The van der Waals surface area contributed by atoms with E-state index in [1.807, 2.05) is 60.9 Å². The number of halogens is 1. The van der Waals surface area contributed by atoms with Crippen molar-refractivity contribution in [1.29, 1.82) is 0 Å². The second-order valence-electron chi connectivity index (χ2n) is 12.1. The summed E-state index contributed by atoms with van der Waals surface area (Å²) in [5.74, 6) is 1.01. The molecular weight excluding hydrogens is 614 g/mol. The maximum atomic E-state index is 13.2. The Bertz CT molecular complexity index is 1510. The first kappa shape index (κ1) is 34.0. The van der Waals surface area contributed by atoms with Crippen molar-refractivity contribution in [1.82, 2.24) is 25.8 Å². The van der Waals surface area contributed by atoms with E-state index in [9.17, 15) is 14.4 Å². The molecule has 2 aromatic carbocycles. The summed E-state index contributed by atoms with van der Waals surface area (Å²) in [7, 11) is 0. The Morgan fingerprint density at radius 1 is 0.936 bits per heavy atom. The number of ketones is 1. The lowest BCUT2D eigenvalue weighted by Crippen LogP contribution is -2.38. The smallest absolute Gasteiger partial charge is 0.315 e. The molecule has 0 radical (unpaired) electrons. The van der Waals surface area contributed by atoms with Gasteiger partial charge in [0.05, 0.1) is 0 Å². The zero-order chi connectivity index (χ0) is 32.8. The van der Waals surface area contributed by atoms with Crippen LogP contribution in [0.2, 0.25) is 5.02 Å². The number of ether oxygens (including phenoxy) is 1. The Hall–Kier alpha value is -4.34. The third-order valence-electron chi connectivity index (χ3n) is 8.67. The fourth-order valence-electron chi connectivity index (χ4n) is 6.02. The van der Waals surface area contributed by atoms with Crippen molar-refractivity contribution >= 4 is 29.3 Å². The number of carbonyl (C=O) groups excluding carboxylic acids is 3. The number of carbonyl (C=O) groups is 3. The van der Waals surface area contributed by atoms with Gasteiger partial charge >= 0.3 is 6.03 Å². The molecule has 47 heavy (non-hydrogen) atoms. The van der Waals surface area contributed by atoms with Crippen LogP contribution in [-0.4, -0.2) is 66.8 Å². The summed E-state index contributed by atoms with van der Waals surface area (Å²) >= 11 is 6.33. The van der Waals surface area contributed by atoms with E-state index in [2.05, 4.69) is 25.8 Å². The molecule has 0 spiro atoms. The van der Waals surface area contributed by atoms with E-state index in [1.54, 1.807) is 24.5 Å². The number of unbranched alkanes of at least 4 members (excludes halogenated alkanes) is 2. The lowest BCUT2D eigenvalue weighted by molar-refractivity contribution is -0.114. The molecule has 2 heterocycles. The largest absolute Gasteiger partial charge is 0.462 e. The number of urea groups is 1. The quantitative estimate of drug-likeness (QED) is 0.215. The SMILES string of the molecule is O=C1C=CC=C(C2=CN(CCN3CCC(c4ccc(Cl)cc4C(=O)NCCCCCNC(=O)NCc4ccccc4)CC3)C=CO2)C1. The molecule has 0 saturated carbocycles. The molecule has 2 aliphatic heterocycles. The second kappa shape index (κ2) is 17.5. The molecule has 3 amide bonds. The zero-order valence-electron chi connectivity index (χ0n) is 26.8. The lowest BCUT2D eigenvalue weighted by Gasteiger charge is -2.34. The minimum absolute atomic E-state index is 0.0829. The Morgan fingerprint density at radius 3 is 2.51 bits per heavy atom. The van der Waals surface area contributed by atoms with Gasteiger partial charge in [-0.05, 0) is 80.4 Å². The average molecular weight is 658 g/mol. The number of benzene rings is 2. The van der Waals surface area contributed by atoms with Crippen LogP contribution in [0.4, 0.5) is 4.79 Å². The van der Waals surface area contributed by atoms with Gasteiger partial charge in [-0.25, -0.2) is 4.79 Å². The number of allylic oxidation sites excluding steroid dienone is 4. The zero-order valence-corrected chi connectivity index (χ0v) is 27.5. The minimum atomic E-state index is -0.174. The van der Waals surface area contributed by atoms with E-state index in [0.29, 0.717) is 48.3 Å². The fourth-order valence-corrected chi connectivity index (χ4v) is 6.19. The topological polar surface area (TPSA) is 103 Å². The number of nitrogens with zero attached hydrogens (tertiary/aromatic N) is 2. The molecule has 1 saturated heterocycles. The highest BCUT2D eigenvalue weighted by molar-refractivity contribution is 6.31. The van der Waals surface area contributed by atoms with Crippen LogP contribution >= 0.6 is 11.6 Å². The summed E-state index contributed by atoms with van der Waals surface area (Å²) in [5.41, 5.74) is 3.67. The van der Waals surface area contributed by atoms with Crippen LogP contribution in [0.5, 0.6) is 0 Å². The molecule has 0 unspecified atom stereocenters. The average Bonchev–Trinajstić information content (AvgIpc) is 3.10. The van der Waals surface area contributed by atoms with Gasteiger partial charge in [0, 0.05) is 67.7 Å². The van der Waals surface area contributed by atoms with E-state index in [4.69, 9.17) is 16.3 Å². The van der Waals surface area contributed by atoms with E-state index < -0.39 is 0 Å². The monoisotopic (exact) mass is 657 g/mol. The third-order valence-corrected chi connectivity index (χ3v) is 8.91. The molecule has 10 heteroatoms. The number of hydrogen-bond donors (Lipinski definition) is 3. The molecule has 3 N–H and O–H groups in total. The molecule has 2 aromatic rings. The predicted octanol–water partition coefficient (Wildman–Crippen LogP) is 6.02. The summed E-state index contributed by atoms with van der Waals surface area (Å²) < 4.78 is 5.68. The summed E-state index contributed by atoms with van der Waals surface area (Å²) in [6.07, 6.45) is 15.7. The van der Waals surface area contributed by atoms with Crippen LogP contribution in [0.3, 0.4) is 0 Å². The Balaban J connectivity index is 1.00. The molecule has 1 fully saturated rings. The second-order valence-corrected chi connectivity index (χ2v) is 12.5. The number of hydrogen-bond acceptors (Lipinski definition) is 6. The van der Waals surface area contributed by atoms with Gasteiger partial charge in [0.1, 0.15) is 12.0 Å². The molecule has 0 bridgehead atoms. The van der Waals surface area contributed by atoms with Crippen LogP contribution in [0.15, 0.2) is 96.8 Å². The molecule has 248 valence electrons. The molecule has 0 atom stereocenters. The van der Waals surface area contributed by atoms with Crippen molar-refractivity contribution in [3.63, 3.8) is 0 Å². The molecule has 3 aliphatic rings. The summed E-state index contributed by atoms with van der Waals surface area (Å²) in [5, 5.41) is 9.39. The van der Waals surface area contributed by atoms with Gasteiger partial charge in [-0.2, -0.15) is 0 Å². The number of rotatable bonds is 14.